The molecular formula is C22H22ClN3O4. The molecule has 1 unspecified atom stereocenters. The van der Waals surface area contributed by atoms with E-state index in [1.165, 1.54) is 0 Å². The van der Waals surface area contributed by atoms with E-state index in [1.807, 2.05) is 31.2 Å². The Morgan fingerprint density at radius 2 is 1.97 bits per heavy atom. The first-order chi connectivity index (χ1) is 14.4. The van der Waals surface area contributed by atoms with Crippen molar-refractivity contribution in [3.05, 3.63) is 63.0 Å². The van der Waals surface area contributed by atoms with Crippen molar-refractivity contribution in [3.63, 3.8) is 0 Å². The Labute approximate surface area is 177 Å². The standard InChI is InChI=1S/C22H22ClN3O4/c1-2-5-15(10-21(28)29)26-19-7-4-3-6-18(19)25(22(26)30)12-13-8-14(23)9-17-16(13)11-20(27)24-17/h3-4,6-9,15H,2,5,10-12H2,1H3,(H,24,27)(H,28,29). The molecule has 2 N–H and O–H groups in total. The van der Waals surface area contributed by atoms with Crippen molar-refractivity contribution in [3.8, 4) is 0 Å². The zero-order valence-corrected chi connectivity index (χ0v) is 17.3. The second-order valence-electron chi connectivity index (χ2n) is 7.58. The van der Waals surface area contributed by atoms with Crippen LogP contribution in [0.15, 0.2) is 41.2 Å². The van der Waals surface area contributed by atoms with Crippen molar-refractivity contribution >= 4 is 40.2 Å². The summed E-state index contributed by atoms with van der Waals surface area (Å²) in [4.78, 5) is 36.8. The first kappa shape index (κ1) is 20.2. The fourth-order valence-electron chi connectivity index (χ4n) is 4.28. The summed E-state index contributed by atoms with van der Waals surface area (Å²) in [6.45, 7) is 2.22. The third kappa shape index (κ3) is 3.61. The molecule has 1 aromatic heterocycles. The molecule has 30 heavy (non-hydrogen) atoms. The number of halogens is 1. The van der Waals surface area contributed by atoms with E-state index in [2.05, 4.69) is 5.32 Å². The van der Waals surface area contributed by atoms with Crippen LogP contribution in [-0.2, 0) is 22.6 Å². The first-order valence-electron chi connectivity index (χ1n) is 9.91. The maximum atomic E-state index is 13.5. The molecule has 3 aromatic rings. The summed E-state index contributed by atoms with van der Waals surface area (Å²) >= 11 is 6.25. The molecule has 1 aliphatic rings. The summed E-state index contributed by atoms with van der Waals surface area (Å²) < 4.78 is 3.23. The van der Waals surface area contributed by atoms with Gasteiger partial charge in [0.2, 0.25) is 5.91 Å². The number of carboxylic acid groups (broad SMARTS) is 1. The largest absolute Gasteiger partial charge is 0.481 e. The second kappa shape index (κ2) is 7.99. The lowest BCUT2D eigenvalue weighted by atomic mass is 10.0. The molecule has 8 heteroatoms. The molecule has 1 aliphatic heterocycles. The number of carbonyl (C=O) groups is 2. The van der Waals surface area contributed by atoms with Gasteiger partial charge in [0.05, 0.1) is 30.4 Å². The number of aromatic nitrogens is 2. The minimum atomic E-state index is -0.936. The van der Waals surface area contributed by atoms with Gasteiger partial charge in [-0.25, -0.2) is 4.79 Å². The number of nitrogens with one attached hydrogen (secondary N) is 1. The average molecular weight is 428 g/mol. The smallest absolute Gasteiger partial charge is 0.329 e. The third-order valence-corrected chi connectivity index (χ3v) is 5.73. The van der Waals surface area contributed by atoms with Gasteiger partial charge in [-0.15, -0.1) is 0 Å². The molecule has 0 bridgehead atoms. The van der Waals surface area contributed by atoms with Crippen LogP contribution in [0.4, 0.5) is 5.69 Å². The van der Waals surface area contributed by atoms with Crippen LogP contribution in [0.2, 0.25) is 5.02 Å². The number of rotatable bonds is 7. The Bertz CT molecular complexity index is 1210. The number of amides is 1. The number of imidazole rings is 1. The number of hydrogen-bond donors (Lipinski definition) is 2. The van der Waals surface area contributed by atoms with Crippen LogP contribution in [0.1, 0.15) is 43.4 Å². The Balaban J connectivity index is 1.86. The molecule has 0 spiro atoms. The lowest BCUT2D eigenvalue weighted by Crippen LogP contribution is -2.29. The molecule has 0 aliphatic carbocycles. The van der Waals surface area contributed by atoms with Crippen LogP contribution in [0, 0.1) is 0 Å². The fraction of sp³-hybridized carbons (Fsp3) is 0.318. The molecule has 2 aromatic carbocycles. The Hall–Kier alpha value is -3.06. The number of carbonyl (C=O) groups excluding carboxylic acids is 1. The molecular weight excluding hydrogens is 406 g/mol. The van der Waals surface area contributed by atoms with E-state index in [-0.39, 0.29) is 31.0 Å². The zero-order valence-electron chi connectivity index (χ0n) is 16.5. The highest BCUT2D eigenvalue weighted by molar-refractivity contribution is 6.31. The van der Waals surface area contributed by atoms with Crippen LogP contribution in [0.25, 0.3) is 11.0 Å². The summed E-state index contributed by atoms with van der Waals surface area (Å²) in [5.41, 5.74) is 3.47. The Morgan fingerprint density at radius 3 is 2.67 bits per heavy atom. The van der Waals surface area contributed by atoms with Crippen molar-refractivity contribution < 1.29 is 14.7 Å². The molecule has 1 atom stereocenters. The number of fused-ring (bicyclic) bond motifs is 2. The van der Waals surface area contributed by atoms with Gasteiger partial charge < -0.3 is 10.4 Å². The van der Waals surface area contributed by atoms with Gasteiger partial charge in [0, 0.05) is 16.8 Å². The van der Waals surface area contributed by atoms with Gasteiger partial charge in [0.1, 0.15) is 0 Å². The summed E-state index contributed by atoms with van der Waals surface area (Å²) in [7, 11) is 0. The van der Waals surface area contributed by atoms with E-state index >= 15 is 0 Å². The van der Waals surface area contributed by atoms with Crippen molar-refractivity contribution in [1.29, 1.82) is 0 Å². The highest BCUT2D eigenvalue weighted by Gasteiger charge is 2.25. The predicted molar refractivity (Wildman–Crippen MR) is 115 cm³/mol. The maximum Gasteiger partial charge on any atom is 0.329 e. The van der Waals surface area contributed by atoms with E-state index in [4.69, 9.17) is 11.6 Å². The number of benzene rings is 2. The maximum absolute atomic E-state index is 13.5. The summed E-state index contributed by atoms with van der Waals surface area (Å²) in [6, 6.07) is 10.4. The van der Waals surface area contributed by atoms with Crippen LogP contribution < -0.4 is 11.0 Å². The Kier molecular flexibility index (Phi) is 5.39. The molecule has 7 nitrogen and oxygen atoms in total. The monoisotopic (exact) mass is 427 g/mol. The van der Waals surface area contributed by atoms with E-state index in [0.29, 0.717) is 22.6 Å². The minimum absolute atomic E-state index is 0.104. The van der Waals surface area contributed by atoms with Crippen molar-refractivity contribution in [2.45, 2.75) is 45.2 Å². The van der Waals surface area contributed by atoms with Gasteiger partial charge in [-0.1, -0.05) is 37.1 Å². The Morgan fingerprint density at radius 1 is 1.23 bits per heavy atom. The number of hydrogen-bond acceptors (Lipinski definition) is 3. The molecule has 2 heterocycles. The van der Waals surface area contributed by atoms with Crippen LogP contribution in [-0.4, -0.2) is 26.1 Å². The van der Waals surface area contributed by atoms with E-state index in [9.17, 15) is 19.5 Å². The summed E-state index contributed by atoms with van der Waals surface area (Å²) in [6.07, 6.45) is 1.48. The third-order valence-electron chi connectivity index (χ3n) is 5.51. The van der Waals surface area contributed by atoms with Gasteiger partial charge in [0.25, 0.3) is 0 Å². The lowest BCUT2D eigenvalue weighted by molar-refractivity contribution is -0.138. The number of nitrogens with zero attached hydrogens (tertiary/aromatic N) is 2. The van der Waals surface area contributed by atoms with Crippen molar-refractivity contribution in [1.82, 2.24) is 9.13 Å². The number of carboxylic acids is 1. The van der Waals surface area contributed by atoms with Crippen LogP contribution >= 0.6 is 11.6 Å². The van der Waals surface area contributed by atoms with Gasteiger partial charge in [-0.2, -0.15) is 0 Å². The van der Waals surface area contributed by atoms with Gasteiger partial charge >= 0.3 is 11.7 Å². The molecule has 156 valence electrons. The summed E-state index contributed by atoms with van der Waals surface area (Å²) in [5, 5.41) is 12.6. The quantitative estimate of drug-likeness (QED) is 0.599. The van der Waals surface area contributed by atoms with E-state index in [1.54, 1.807) is 21.3 Å². The van der Waals surface area contributed by atoms with Crippen molar-refractivity contribution in [2.24, 2.45) is 0 Å². The zero-order chi connectivity index (χ0) is 21.4. The van der Waals surface area contributed by atoms with E-state index < -0.39 is 12.0 Å². The average Bonchev–Trinajstić information content (AvgIpc) is 3.18. The molecule has 0 saturated carbocycles. The summed E-state index contributed by atoms with van der Waals surface area (Å²) in [5.74, 6) is -1.04. The number of para-hydroxylation sites is 2. The van der Waals surface area contributed by atoms with Crippen LogP contribution in [0.3, 0.4) is 0 Å². The minimum Gasteiger partial charge on any atom is -0.481 e. The van der Waals surface area contributed by atoms with Gasteiger partial charge in [-0.05, 0) is 41.8 Å². The van der Waals surface area contributed by atoms with Gasteiger partial charge in [-0.3, -0.25) is 18.7 Å². The second-order valence-corrected chi connectivity index (χ2v) is 8.02. The van der Waals surface area contributed by atoms with Crippen molar-refractivity contribution in [2.75, 3.05) is 5.32 Å². The molecule has 4 rings (SSSR count). The highest BCUT2D eigenvalue weighted by Crippen LogP contribution is 2.31. The molecule has 0 saturated heterocycles. The molecule has 0 radical (unpaired) electrons. The normalized spacial score (nSPS) is 14.0. The van der Waals surface area contributed by atoms with Crippen LogP contribution in [0.5, 0.6) is 0 Å². The SMILES string of the molecule is CCCC(CC(=O)O)n1c(=O)n(Cc2cc(Cl)cc3c2CC(=O)N3)c2ccccc21. The first-order valence-corrected chi connectivity index (χ1v) is 10.3. The van der Waals surface area contributed by atoms with Gasteiger partial charge in [0.15, 0.2) is 0 Å². The topological polar surface area (TPSA) is 93.3 Å². The lowest BCUT2D eigenvalue weighted by Gasteiger charge is -2.16. The fourth-order valence-corrected chi connectivity index (χ4v) is 4.52. The highest BCUT2D eigenvalue weighted by atomic mass is 35.5. The number of aliphatic carboxylic acids is 1. The van der Waals surface area contributed by atoms with E-state index in [0.717, 1.165) is 23.1 Å². The predicted octanol–water partition coefficient (Wildman–Crippen LogP) is 3.82. The number of anilines is 1. The molecule has 0 fully saturated rings. The molecule has 1 amide bonds.